The van der Waals surface area contributed by atoms with Crippen molar-refractivity contribution in [3.8, 4) is 11.8 Å². The summed E-state index contributed by atoms with van der Waals surface area (Å²) < 4.78 is 15.1. The molecule has 0 radical (unpaired) electrons. The van der Waals surface area contributed by atoms with E-state index in [1.807, 2.05) is 6.07 Å². The lowest BCUT2D eigenvalue weighted by molar-refractivity contribution is 0.101. The molecule has 2 aromatic rings. The van der Waals surface area contributed by atoms with Gasteiger partial charge >= 0.3 is 0 Å². The van der Waals surface area contributed by atoms with Crippen molar-refractivity contribution in [2.45, 2.75) is 6.61 Å². The number of nitriles is 1. The summed E-state index contributed by atoms with van der Waals surface area (Å²) >= 11 is 0. The van der Waals surface area contributed by atoms with Crippen molar-refractivity contribution >= 4 is 11.6 Å². The Labute approximate surface area is 121 Å². The number of nitrogens with zero attached hydrogens (tertiary/aromatic N) is 2. The average molecular weight is 287 g/mol. The maximum Gasteiger partial charge on any atom is 0.277 e. The quantitative estimate of drug-likeness (QED) is 0.872. The third-order valence-corrected chi connectivity index (χ3v) is 2.51. The van der Waals surface area contributed by atoms with Crippen LogP contribution in [0.1, 0.15) is 16.2 Å². The number of rotatable bonds is 6. The number of ether oxygens (including phenoxy) is 2. The van der Waals surface area contributed by atoms with Crippen LogP contribution in [-0.2, 0) is 11.3 Å². The number of carbonyl (C=O) groups is 1. The summed E-state index contributed by atoms with van der Waals surface area (Å²) in [6, 6.07) is 10.2. The summed E-state index contributed by atoms with van der Waals surface area (Å²) in [7, 11) is 1.52. The maximum atomic E-state index is 12.1. The van der Waals surface area contributed by atoms with E-state index in [9.17, 15) is 4.79 Å². The van der Waals surface area contributed by atoms with E-state index >= 15 is 0 Å². The van der Waals surface area contributed by atoms with Crippen LogP contribution >= 0.6 is 0 Å². The van der Waals surface area contributed by atoms with Crippen LogP contribution in [0.25, 0.3) is 0 Å². The highest BCUT2D eigenvalue weighted by atomic mass is 16.5. The van der Waals surface area contributed by atoms with Gasteiger partial charge < -0.3 is 19.3 Å². The van der Waals surface area contributed by atoms with E-state index in [0.29, 0.717) is 17.2 Å². The number of hydrogen-bond acceptors (Lipinski definition) is 6. The van der Waals surface area contributed by atoms with Gasteiger partial charge in [-0.15, -0.1) is 0 Å². The van der Waals surface area contributed by atoms with Gasteiger partial charge in [-0.05, 0) is 12.1 Å². The number of carbonyl (C=O) groups excluding carboxylic acids is 1. The van der Waals surface area contributed by atoms with Crippen molar-refractivity contribution in [2.24, 2.45) is 0 Å². The fourth-order valence-corrected chi connectivity index (χ4v) is 1.62. The molecule has 1 aromatic carbocycles. The molecule has 0 aliphatic carbocycles. The second kappa shape index (κ2) is 7.07. The highest BCUT2D eigenvalue weighted by Gasteiger charge is 2.14. The van der Waals surface area contributed by atoms with Crippen LogP contribution in [0.15, 0.2) is 34.9 Å². The van der Waals surface area contributed by atoms with Crippen LogP contribution in [0.3, 0.4) is 0 Å². The molecule has 0 atom stereocenters. The molecule has 0 saturated carbocycles. The second-order valence-corrected chi connectivity index (χ2v) is 4.01. The zero-order valence-electron chi connectivity index (χ0n) is 11.3. The molecule has 0 aliphatic rings. The molecule has 0 bridgehead atoms. The van der Waals surface area contributed by atoms with Gasteiger partial charge in [0.15, 0.2) is 18.1 Å². The van der Waals surface area contributed by atoms with Gasteiger partial charge in [-0.3, -0.25) is 4.79 Å². The predicted octanol–water partition coefficient (Wildman–Crippen LogP) is 1.98. The van der Waals surface area contributed by atoms with E-state index in [-0.39, 0.29) is 18.9 Å². The lowest BCUT2D eigenvalue weighted by Gasteiger charge is -2.09. The Kier molecular flexibility index (Phi) is 4.90. The molecule has 21 heavy (non-hydrogen) atoms. The van der Waals surface area contributed by atoms with Crippen molar-refractivity contribution in [3.05, 3.63) is 41.8 Å². The molecule has 7 heteroatoms. The van der Waals surface area contributed by atoms with Gasteiger partial charge in [0.2, 0.25) is 0 Å². The fourth-order valence-electron chi connectivity index (χ4n) is 1.62. The Hall–Kier alpha value is -2.85. The molecule has 2 rings (SSSR count). The molecule has 1 heterocycles. The molecule has 1 N–H and O–H groups in total. The van der Waals surface area contributed by atoms with Crippen LogP contribution in [0.2, 0.25) is 0 Å². The third-order valence-electron chi connectivity index (χ3n) is 2.51. The smallest absolute Gasteiger partial charge is 0.277 e. The first-order valence-corrected chi connectivity index (χ1v) is 6.09. The maximum absolute atomic E-state index is 12.1. The normalized spacial score (nSPS) is 9.90. The van der Waals surface area contributed by atoms with Gasteiger partial charge in [-0.2, -0.15) is 5.26 Å². The molecule has 0 spiro atoms. The number of para-hydroxylation sites is 2. The average Bonchev–Trinajstić information content (AvgIpc) is 2.95. The highest BCUT2D eigenvalue weighted by molar-refractivity contribution is 6.03. The standard InChI is InChI=1S/C14H13N3O4/c1-19-9-10-8-12(17-21-10)14(18)16-11-4-2-3-5-13(11)20-7-6-15/h2-5,8H,7,9H2,1H3,(H,16,18). The Morgan fingerprint density at radius 2 is 2.29 bits per heavy atom. The minimum atomic E-state index is -0.436. The first kappa shape index (κ1) is 14.6. The van der Waals surface area contributed by atoms with Crippen LogP contribution in [-0.4, -0.2) is 24.8 Å². The molecular formula is C14H13N3O4. The topological polar surface area (TPSA) is 97.4 Å². The molecule has 1 amide bonds. The van der Waals surface area contributed by atoms with Gasteiger partial charge in [-0.25, -0.2) is 0 Å². The van der Waals surface area contributed by atoms with Gasteiger partial charge in [0.25, 0.3) is 5.91 Å². The molecule has 0 aliphatic heterocycles. The first-order valence-electron chi connectivity index (χ1n) is 6.09. The highest BCUT2D eigenvalue weighted by Crippen LogP contribution is 2.24. The molecular weight excluding hydrogens is 274 g/mol. The van der Waals surface area contributed by atoms with Crippen molar-refractivity contribution in [1.29, 1.82) is 5.26 Å². The molecule has 0 saturated heterocycles. The van der Waals surface area contributed by atoms with Crippen LogP contribution in [0.4, 0.5) is 5.69 Å². The summed E-state index contributed by atoms with van der Waals surface area (Å²) in [4.78, 5) is 12.1. The lowest BCUT2D eigenvalue weighted by Crippen LogP contribution is -2.13. The number of methoxy groups -OCH3 is 1. The van der Waals surface area contributed by atoms with E-state index in [2.05, 4.69) is 10.5 Å². The van der Waals surface area contributed by atoms with E-state index < -0.39 is 5.91 Å². The lowest BCUT2D eigenvalue weighted by atomic mass is 10.2. The summed E-state index contributed by atoms with van der Waals surface area (Å²) in [5.74, 6) is 0.429. The molecule has 1 aromatic heterocycles. The summed E-state index contributed by atoms with van der Waals surface area (Å²) in [5, 5.41) is 14.9. The van der Waals surface area contributed by atoms with Crippen molar-refractivity contribution in [3.63, 3.8) is 0 Å². The Morgan fingerprint density at radius 3 is 3.05 bits per heavy atom. The number of benzene rings is 1. The summed E-state index contributed by atoms with van der Waals surface area (Å²) in [6.45, 7) is 0.136. The van der Waals surface area contributed by atoms with E-state index in [4.69, 9.17) is 19.3 Å². The Bertz CT molecular complexity index is 660. The molecule has 0 fully saturated rings. The number of nitrogens with one attached hydrogen (secondary N) is 1. The van der Waals surface area contributed by atoms with Gasteiger partial charge in [0.05, 0.1) is 5.69 Å². The van der Waals surface area contributed by atoms with Crippen molar-refractivity contribution in [1.82, 2.24) is 5.16 Å². The summed E-state index contributed by atoms with van der Waals surface area (Å²) in [5.41, 5.74) is 0.589. The molecule has 0 unspecified atom stereocenters. The third kappa shape index (κ3) is 3.81. The number of hydrogen-bond donors (Lipinski definition) is 1. The zero-order chi connectivity index (χ0) is 15.1. The predicted molar refractivity (Wildman–Crippen MR) is 72.7 cm³/mol. The van der Waals surface area contributed by atoms with Crippen molar-refractivity contribution in [2.75, 3.05) is 19.0 Å². The first-order chi connectivity index (χ1) is 10.2. The molecule has 108 valence electrons. The number of aromatic nitrogens is 1. The van der Waals surface area contributed by atoms with Gasteiger partial charge in [0, 0.05) is 13.2 Å². The van der Waals surface area contributed by atoms with Crippen LogP contribution in [0, 0.1) is 11.3 Å². The van der Waals surface area contributed by atoms with E-state index in [1.54, 1.807) is 24.3 Å². The Morgan fingerprint density at radius 1 is 1.48 bits per heavy atom. The summed E-state index contributed by atoms with van der Waals surface area (Å²) in [6.07, 6.45) is 0. The minimum absolute atomic E-state index is 0.102. The van der Waals surface area contributed by atoms with E-state index in [1.165, 1.54) is 13.2 Å². The second-order valence-electron chi connectivity index (χ2n) is 4.01. The minimum Gasteiger partial charge on any atom is -0.477 e. The van der Waals surface area contributed by atoms with Gasteiger partial charge in [0.1, 0.15) is 18.4 Å². The van der Waals surface area contributed by atoms with Crippen molar-refractivity contribution < 1.29 is 18.8 Å². The SMILES string of the molecule is COCc1cc(C(=O)Nc2ccccc2OCC#N)no1. The zero-order valence-corrected chi connectivity index (χ0v) is 11.3. The largest absolute Gasteiger partial charge is 0.477 e. The fraction of sp³-hybridized carbons (Fsp3) is 0.214. The number of anilines is 1. The monoisotopic (exact) mass is 287 g/mol. The van der Waals surface area contributed by atoms with Crippen LogP contribution < -0.4 is 10.1 Å². The number of amides is 1. The Balaban J connectivity index is 2.10. The molecule has 7 nitrogen and oxygen atoms in total. The van der Waals surface area contributed by atoms with Gasteiger partial charge in [-0.1, -0.05) is 17.3 Å². The van der Waals surface area contributed by atoms with E-state index in [0.717, 1.165) is 0 Å². The van der Waals surface area contributed by atoms with Crippen LogP contribution in [0.5, 0.6) is 5.75 Å².